The Morgan fingerprint density at radius 2 is 2.00 bits per heavy atom. The molecule has 16 heavy (non-hydrogen) atoms. The van der Waals surface area contributed by atoms with Crippen molar-refractivity contribution in [2.45, 2.75) is 37.7 Å². The third kappa shape index (κ3) is 4.21. The molecule has 0 saturated heterocycles. The maximum absolute atomic E-state index is 10.6. The highest BCUT2D eigenvalue weighted by atomic mass is 16.4. The van der Waals surface area contributed by atoms with E-state index < -0.39 is 11.6 Å². The van der Waals surface area contributed by atoms with Crippen LogP contribution in [0.4, 0.5) is 0 Å². The molecule has 0 bridgehead atoms. The maximum Gasteiger partial charge on any atom is 0.317 e. The number of carboxylic acid groups (broad SMARTS) is 1. The molecule has 90 valence electrons. The predicted molar refractivity (Wildman–Crippen MR) is 60.9 cm³/mol. The van der Waals surface area contributed by atoms with E-state index in [-0.39, 0.29) is 13.1 Å². The molecule has 1 rings (SSSR count). The van der Waals surface area contributed by atoms with Gasteiger partial charge in [0.2, 0.25) is 0 Å². The van der Waals surface area contributed by atoms with Crippen molar-refractivity contribution in [2.24, 2.45) is 0 Å². The number of terminal acetylenes is 1. The van der Waals surface area contributed by atoms with Crippen molar-refractivity contribution in [3.05, 3.63) is 0 Å². The fraction of sp³-hybridized carbons (Fsp3) is 0.750. The Morgan fingerprint density at radius 3 is 2.50 bits per heavy atom. The molecule has 0 unspecified atom stereocenters. The summed E-state index contributed by atoms with van der Waals surface area (Å²) in [5.74, 6) is 1.52. The second-order valence-electron chi connectivity index (χ2n) is 4.53. The first-order valence-corrected chi connectivity index (χ1v) is 5.66. The molecule has 0 heterocycles. The molecular weight excluding hydrogens is 206 g/mol. The quantitative estimate of drug-likeness (QED) is 0.676. The Morgan fingerprint density at radius 1 is 1.38 bits per heavy atom. The molecule has 1 fully saturated rings. The molecule has 0 aromatic carbocycles. The number of hydrogen-bond acceptors (Lipinski definition) is 3. The van der Waals surface area contributed by atoms with Gasteiger partial charge in [0.1, 0.15) is 0 Å². The van der Waals surface area contributed by atoms with Gasteiger partial charge in [0.05, 0.1) is 18.7 Å². The van der Waals surface area contributed by atoms with Crippen LogP contribution >= 0.6 is 0 Å². The minimum Gasteiger partial charge on any atom is -0.480 e. The van der Waals surface area contributed by atoms with E-state index in [4.69, 9.17) is 11.5 Å². The Kier molecular flexibility index (Phi) is 4.78. The van der Waals surface area contributed by atoms with E-state index >= 15 is 0 Å². The van der Waals surface area contributed by atoms with Crippen LogP contribution in [0.5, 0.6) is 0 Å². The van der Waals surface area contributed by atoms with Crippen LogP contribution in [-0.2, 0) is 4.79 Å². The molecule has 1 saturated carbocycles. The molecule has 1 aliphatic carbocycles. The first-order chi connectivity index (χ1) is 7.56. The number of nitrogens with zero attached hydrogens (tertiary/aromatic N) is 1. The molecule has 0 aromatic heterocycles. The Bertz CT molecular complexity index is 276. The SMILES string of the molecule is C#CCN(CC(=O)O)CC1(O)CCCCC1. The van der Waals surface area contributed by atoms with E-state index in [2.05, 4.69) is 5.92 Å². The van der Waals surface area contributed by atoms with Gasteiger partial charge in [-0.3, -0.25) is 9.69 Å². The van der Waals surface area contributed by atoms with Crippen molar-refractivity contribution < 1.29 is 15.0 Å². The number of rotatable bonds is 5. The topological polar surface area (TPSA) is 60.8 Å². The second-order valence-corrected chi connectivity index (χ2v) is 4.53. The zero-order valence-corrected chi connectivity index (χ0v) is 9.48. The zero-order valence-electron chi connectivity index (χ0n) is 9.48. The lowest BCUT2D eigenvalue weighted by Crippen LogP contribution is -2.46. The van der Waals surface area contributed by atoms with Gasteiger partial charge in [-0.25, -0.2) is 0 Å². The standard InChI is InChI=1S/C12H19NO3/c1-2-8-13(9-11(14)15)10-12(16)6-4-3-5-7-12/h1,16H,3-10H2,(H,14,15). The molecule has 2 N–H and O–H groups in total. The van der Waals surface area contributed by atoms with Crippen molar-refractivity contribution in [3.8, 4) is 12.3 Å². The van der Waals surface area contributed by atoms with Gasteiger partial charge in [-0.15, -0.1) is 6.42 Å². The molecule has 0 spiro atoms. The van der Waals surface area contributed by atoms with Crippen LogP contribution in [0, 0.1) is 12.3 Å². The van der Waals surface area contributed by atoms with Crippen LogP contribution in [-0.4, -0.2) is 46.3 Å². The first-order valence-electron chi connectivity index (χ1n) is 5.66. The maximum atomic E-state index is 10.6. The van der Waals surface area contributed by atoms with Gasteiger partial charge in [0, 0.05) is 6.54 Å². The summed E-state index contributed by atoms with van der Waals surface area (Å²) in [4.78, 5) is 12.3. The van der Waals surface area contributed by atoms with Crippen LogP contribution in [0.15, 0.2) is 0 Å². The average molecular weight is 225 g/mol. The van der Waals surface area contributed by atoms with Crippen LogP contribution in [0.3, 0.4) is 0 Å². The van der Waals surface area contributed by atoms with Gasteiger partial charge in [0.15, 0.2) is 0 Å². The highest BCUT2D eigenvalue weighted by molar-refractivity contribution is 5.69. The van der Waals surface area contributed by atoms with Crippen molar-refractivity contribution in [2.75, 3.05) is 19.6 Å². The fourth-order valence-corrected chi connectivity index (χ4v) is 2.27. The predicted octanol–water partition coefficient (Wildman–Crippen LogP) is 0.701. The number of hydrogen-bond donors (Lipinski definition) is 2. The first kappa shape index (κ1) is 13.0. The average Bonchev–Trinajstić information content (AvgIpc) is 2.17. The van der Waals surface area contributed by atoms with Crippen molar-refractivity contribution >= 4 is 5.97 Å². The molecule has 1 aliphatic rings. The number of carbonyl (C=O) groups is 1. The Balaban J connectivity index is 2.52. The van der Waals surface area contributed by atoms with Crippen LogP contribution in [0.1, 0.15) is 32.1 Å². The molecule has 0 aromatic rings. The molecule has 0 atom stereocenters. The van der Waals surface area contributed by atoms with Crippen LogP contribution < -0.4 is 0 Å². The lowest BCUT2D eigenvalue weighted by atomic mass is 9.84. The van der Waals surface area contributed by atoms with E-state index in [1.54, 1.807) is 4.90 Å². The third-order valence-electron chi connectivity index (χ3n) is 2.98. The van der Waals surface area contributed by atoms with Gasteiger partial charge < -0.3 is 10.2 Å². The number of aliphatic carboxylic acids is 1. The van der Waals surface area contributed by atoms with Crippen molar-refractivity contribution in [1.82, 2.24) is 4.90 Å². The molecule has 4 nitrogen and oxygen atoms in total. The van der Waals surface area contributed by atoms with E-state index in [1.165, 1.54) is 0 Å². The third-order valence-corrected chi connectivity index (χ3v) is 2.98. The fourth-order valence-electron chi connectivity index (χ4n) is 2.27. The van der Waals surface area contributed by atoms with Gasteiger partial charge in [-0.2, -0.15) is 0 Å². The van der Waals surface area contributed by atoms with E-state index in [1.807, 2.05) is 0 Å². The summed E-state index contributed by atoms with van der Waals surface area (Å²) in [5, 5.41) is 19.0. The van der Waals surface area contributed by atoms with E-state index in [0.29, 0.717) is 6.54 Å². The van der Waals surface area contributed by atoms with E-state index in [0.717, 1.165) is 32.1 Å². The van der Waals surface area contributed by atoms with Gasteiger partial charge in [-0.1, -0.05) is 25.2 Å². The monoisotopic (exact) mass is 225 g/mol. The van der Waals surface area contributed by atoms with Crippen molar-refractivity contribution in [1.29, 1.82) is 0 Å². The summed E-state index contributed by atoms with van der Waals surface area (Å²) in [6.45, 7) is 0.532. The number of carboxylic acids is 1. The lowest BCUT2D eigenvalue weighted by molar-refractivity contribution is -0.139. The summed E-state index contributed by atoms with van der Waals surface area (Å²) in [7, 11) is 0. The Labute approximate surface area is 96.3 Å². The minimum absolute atomic E-state index is 0.105. The van der Waals surface area contributed by atoms with Gasteiger partial charge in [0.25, 0.3) is 0 Å². The molecule has 4 heteroatoms. The van der Waals surface area contributed by atoms with Crippen LogP contribution in [0.2, 0.25) is 0 Å². The molecule has 0 aliphatic heterocycles. The minimum atomic E-state index is -0.908. The lowest BCUT2D eigenvalue weighted by Gasteiger charge is -2.35. The van der Waals surface area contributed by atoms with Crippen molar-refractivity contribution in [3.63, 3.8) is 0 Å². The summed E-state index contributed by atoms with van der Waals surface area (Å²) in [6, 6.07) is 0. The van der Waals surface area contributed by atoms with Crippen LogP contribution in [0.25, 0.3) is 0 Å². The Hall–Kier alpha value is -1.05. The van der Waals surface area contributed by atoms with E-state index in [9.17, 15) is 9.90 Å². The summed E-state index contributed by atoms with van der Waals surface area (Å²) in [6.07, 6.45) is 9.84. The summed E-state index contributed by atoms with van der Waals surface area (Å²) in [5.41, 5.74) is -0.745. The molecule has 0 amide bonds. The van der Waals surface area contributed by atoms with Gasteiger partial charge in [-0.05, 0) is 12.8 Å². The smallest absolute Gasteiger partial charge is 0.317 e. The highest BCUT2D eigenvalue weighted by Crippen LogP contribution is 2.28. The second kappa shape index (κ2) is 5.88. The summed E-state index contributed by atoms with van der Waals surface area (Å²) < 4.78 is 0. The number of aliphatic hydroxyl groups is 1. The largest absolute Gasteiger partial charge is 0.480 e. The zero-order chi connectivity index (χ0) is 12.0. The summed E-state index contributed by atoms with van der Waals surface area (Å²) >= 11 is 0. The highest BCUT2D eigenvalue weighted by Gasteiger charge is 2.31. The van der Waals surface area contributed by atoms with Gasteiger partial charge >= 0.3 is 5.97 Å². The molecule has 0 radical (unpaired) electrons. The normalized spacial score (nSPS) is 19.3. The molecular formula is C12H19NO3.